The van der Waals surface area contributed by atoms with Crippen molar-refractivity contribution in [2.75, 3.05) is 0 Å². The Labute approximate surface area is 158 Å². The zero-order chi connectivity index (χ0) is 14.5. The van der Waals surface area contributed by atoms with E-state index >= 15 is 0 Å². The molecule has 0 aromatic heterocycles. The summed E-state index contributed by atoms with van der Waals surface area (Å²) in [6.07, 6.45) is -11.0. The number of piperazine rings is 1. The minimum Gasteiger partial charge on any atom is -0.735 e. The molecule has 4 unspecified atom stereocenters. The molecule has 12 nitrogen and oxygen atoms in total. The van der Waals surface area contributed by atoms with E-state index in [2.05, 4.69) is 0 Å². The van der Waals surface area contributed by atoms with Gasteiger partial charge in [-0.2, -0.15) is 0 Å². The summed E-state index contributed by atoms with van der Waals surface area (Å²) in [7, 11) is -11.0. The van der Waals surface area contributed by atoms with Crippen LogP contribution in [-0.2, 0) is 20.6 Å². The zero-order valence-electron chi connectivity index (χ0n) is 10.3. The van der Waals surface area contributed by atoms with Gasteiger partial charge in [-0.3, -0.25) is 0 Å². The molecule has 1 rings (SSSR count). The molecule has 0 amide bonds. The van der Waals surface area contributed by atoms with E-state index in [1.54, 1.807) is 0 Å². The number of rotatable bonds is 2. The Bertz CT molecular complexity index is 459. The molecular formula is C4H8N2Na2O10S2. The Morgan fingerprint density at radius 3 is 0.900 bits per heavy atom. The maximum Gasteiger partial charge on any atom is 1.00 e. The molecule has 0 saturated carbocycles. The molecule has 0 aromatic rings. The van der Waals surface area contributed by atoms with Crippen molar-refractivity contribution >= 4 is 20.6 Å². The molecule has 1 aliphatic rings. The molecule has 1 heterocycles. The second kappa shape index (κ2) is 7.91. The first-order chi connectivity index (χ1) is 7.89. The normalized spacial score (nSPS) is 33.1. The van der Waals surface area contributed by atoms with E-state index in [4.69, 9.17) is 0 Å². The summed E-state index contributed by atoms with van der Waals surface area (Å²) in [4.78, 5) is 0. The van der Waals surface area contributed by atoms with E-state index in [0.717, 1.165) is 0 Å². The molecule has 1 aliphatic heterocycles. The third-order valence-electron chi connectivity index (χ3n) is 2.09. The van der Waals surface area contributed by atoms with Gasteiger partial charge in [0.15, 0.2) is 45.5 Å². The first-order valence-electron chi connectivity index (χ1n) is 4.10. The van der Waals surface area contributed by atoms with Crippen molar-refractivity contribution < 1.29 is 105 Å². The molecule has 108 valence electrons. The molecular weight excluding hydrogens is 346 g/mol. The summed E-state index contributed by atoms with van der Waals surface area (Å²) in [6.45, 7) is 0. The van der Waals surface area contributed by atoms with E-state index in [1.165, 1.54) is 0 Å². The molecule has 20 heavy (non-hydrogen) atoms. The van der Waals surface area contributed by atoms with Crippen molar-refractivity contribution in [1.82, 2.24) is 8.61 Å². The smallest absolute Gasteiger partial charge is 0.735 e. The molecule has 0 bridgehead atoms. The van der Waals surface area contributed by atoms with Gasteiger partial charge in [0.1, 0.15) is 0 Å². The molecule has 1 saturated heterocycles. The van der Waals surface area contributed by atoms with Gasteiger partial charge in [0.05, 0.1) is 0 Å². The van der Waals surface area contributed by atoms with Gasteiger partial charge < -0.3 is 29.5 Å². The average Bonchev–Trinajstić information content (AvgIpc) is 2.10. The fourth-order valence-electron chi connectivity index (χ4n) is 1.37. The first kappa shape index (κ1) is 23.8. The summed E-state index contributed by atoms with van der Waals surface area (Å²) in [6, 6.07) is 0. The van der Waals surface area contributed by atoms with Gasteiger partial charge in [0, 0.05) is 0 Å². The summed E-state index contributed by atoms with van der Waals surface area (Å²) in [5.74, 6) is 0. The Kier molecular flexibility index (Phi) is 9.43. The van der Waals surface area contributed by atoms with Crippen LogP contribution in [0.25, 0.3) is 0 Å². The quantitative estimate of drug-likeness (QED) is 0.272. The summed E-state index contributed by atoms with van der Waals surface area (Å²) < 4.78 is 62.5. The molecule has 0 spiro atoms. The fourth-order valence-corrected chi connectivity index (χ4v) is 2.86. The number of hydrogen-bond donors (Lipinski definition) is 4. The van der Waals surface area contributed by atoms with Crippen molar-refractivity contribution in [2.45, 2.75) is 24.9 Å². The predicted molar refractivity (Wildman–Crippen MR) is 47.1 cm³/mol. The Hall–Kier alpha value is 1.58. The molecule has 0 radical (unpaired) electrons. The molecule has 0 aromatic carbocycles. The van der Waals surface area contributed by atoms with Crippen LogP contribution in [-0.4, -0.2) is 79.9 Å². The van der Waals surface area contributed by atoms with Crippen LogP contribution >= 0.6 is 0 Å². The first-order valence-corrected chi connectivity index (χ1v) is 6.83. The van der Waals surface area contributed by atoms with E-state index in [0.29, 0.717) is 0 Å². The average molecular weight is 354 g/mol. The Morgan fingerprint density at radius 1 is 0.650 bits per heavy atom. The topological polar surface area (TPSA) is 202 Å². The zero-order valence-corrected chi connectivity index (χ0v) is 15.9. The minimum absolute atomic E-state index is 0. The Balaban J connectivity index is 0. The molecule has 4 N–H and O–H groups in total. The molecule has 4 atom stereocenters. The van der Waals surface area contributed by atoms with Crippen LogP contribution in [0, 0.1) is 0 Å². The van der Waals surface area contributed by atoms with Crippen LogP contribution < -0.4 is 59.1 Å². The minimum atomic E-state index is -5.52. The molecule has 16 heteroatoms. The van der Waals surface area contributed by atoms with Crippen molar-refractivity contribution in [3.05, 3.63) is 0 Å². The van der Waals surface area contributed by atoms with Crippen LogP contribution in [0.3, 0.4) is 0 Å². The Morgan fingerprint density at radius 2 is 0.800 bits per heavy atom. The number of aliphatic hydroxyl groups excluding tert-OH is 4. The maximum absolute atomic E-state index is 10.6. The number of hydrogen-bond acceptors (Lipinski definition) is 10. The molecule has 1 fully saturated rings. The van der Waals surface area contributed by atoms with Gasteiger partial charge in [-0.25, -0.2) is 16.8 Å². The van der Waals surface area contributed by atoms with E-state index in [9.17, 15) is 46.4 Å². The largest absolute Gasteiger partial charge is 1.00 e. The number of nitrogens with zero attached hydrogens (tertiary/aromatic N) is 2. The van der Waals surface area contributed by atoms with Crippen molar-refractivity contribution in [2.24, 2.45) is 0 Å². The van der Waals surface area contributed by atoms with Gasteiger partial charge in [-0.1, -0.05) is 0 Å². The predicted octanol–water partition coefficient (Wildman–Crippen LogP) is -11.2. The third kappa shape index (κ3) is 4.79. The maximum atomic E-state index is 10.6. The van der Waals surface area contributed by atoms with Crippen LogP contribution in [0.15, 0.2) is 0 Å². The van der Waals surface area contributed by atoms with E-state index in [-0.39, 0.29) is 59.1 Å². The fraction of sp³-hybridized carbons (Fsp3) is 1.00. The van der Waals surface area contributed by atoms with Crippen LogP contribution in [0.4, 0.5) is 0 Å². The van der Waals surface area contributed by atoms with Crippen LogP contribution in [0.2, 0.25) is 0 Å². The van der Waals surface area contributed by atoms with Gasteiger partial charge in [-0.15, -0.1) is 8.61 Å². The summed E-state index contributed by atoms with van der Waals surface area (Å²) >= 11 is 0. The number of aliphatic hydroxyl groups is 4. The van der Waals surface area contributed by atoms with Gasteiger partial charge in [-0.05, 0) is 0 Å². The van der Waals surface area contributed by atoms with Crippen LogP contribution in [0.5, 0.6) is 0 Å². The van der Waals surface area contributed by atoms with E-state index in [1.807, 2.05) is 0 Å². The standard InChI is InChI=1S/C4H10N2O10S2.2Na/c7-1-2(8)6(18(14,15)16)4(10)3(9)5(1)17(11,12)13;;/h1-4,7-10H,(H,11,12,13)(H,14,15,16);;/q;2*+1/p-2. The van der Waals surface area contributed by atoms with Gasteiger partial charge in [0.2, 0.25) is 0 Å². The second-order valence-electron chi connectivity index (χ2n) is 3.23. The molecule has 0 aliphatic carbocycles. The van der Waals surface area contributed by atoms with Gasteiger partial charge in [0.25, 0.3) is 0 Å². The van der Waals surface area contributed by atoms with Gasteiger partial charge >= 0.3 is 59.1 Å². The SMILES string of the molecule is O=S(=O)([O-])N1C(O)C(O)N(S(=O)(=O)[O-])C(O)C1O.[Na+].[Na+]. The van der Waals surface area contributed by atoms with Crippen molar-refractivity contribution in [3.8, 4) is 0 Å². The summed E-state index contributed by atoms with van der Waals surface area (Å²) in [5.41, 5.74) is 0. The second-order valence-corrected chi connectivity index (χ2v) is 5.78. The monoisotopic (exact) mass is 354 g/mol. The van der Waals surface area contributed by atoms with Crippen molar-refractivity contribution in [3.63, 3.8) is 0 Å². The van der Waals surface area contributed by atoms with Crippen molar-refractivity contribution in [1.29, 1.82) is 0 Å². The summed E-state index contributed by atoms with van der Waals surface area (Å²) in [5, 5.41) is 36.7. The third-order valence-corrected chi connectivity index (χ3v) is 3.99. The van der Waals surface area contributed by atoms with Crippen LogP contribution in [0.1, 0.15) is 0 Å². The van der Waals surface area contributed by atoms with E-state index < -0.39 is 54.1 Å².